The summed E-state index contributed by atoms with van der Waals surface area (Å²) < 4.78 is 13.7. The largest absolute Gasteiger partial charge is 0.478 e. The van der Waals surface area contributed by atoms with Crippen molar-refractivity contribution < 1.29 is 19.1 Å². The first-order chi connectivity index (χ1) is 10.6. The molecule has 0 spiro atoms. The Balaban J connectivity index is 1.89. The third-order valence-corrected chi connectivity index (χ3v) is 3.76. The summed E-state index contributed by atoms with van der Waals surface area (Å²) in [6.07, 6.45) is 3.29. The topological polar surface area (TPSA) is 70.5 Å². The van der Waals surface area contributed by atoms with Crippen LogP contribution < -0.4 is 0 Å². The maximum absolute atomic E-state index is 13.7. The second kappa shape index (κ2) is 5.55. The van der Waals surface area contributed by atoms with Crippen molar-refractivity contribution >= 4 is 11.9 Å². The monoisotopic (exact) mass is 300 g/mol. The Morgan fingerprint density at radius 2 is 1.95 bits per heavy atom. The van der Waals surface area contributed by atoms with E-state index in [4.69, 9.17) is 5.11 Å². The first-order valence-corrected chi connectivity index (χ1v) is 6.81. The molecule has 3 rings (SSSR count). The van der Waals surface area contributed by atoms with Crippen LogP contribution in [0.15, 0.2) is 36.7 Å². The maximum Gasteiger partial charge on any atom is 0.337 e. The Hall–Kier alpha value is -2.76. The number of carboxylic acids is 1. The summed E-state index contributed by atoms with van der Waals surface area (Å²) in [6.45, 7) is 0.584. The molecule has 1 aromatic carbocycles. The lowest BCUT2D eigenvalue weighted by atomic mass is 9.96. The Morgan fingerprint density at radius 3 is 2.68 bits per heavy atom. The van der Waals surface area contributed by atoms with Crippen molar-refractivity contribution in [2.24, 2.45) is 0 Å². The molecule has 1 aliphatic rings. The molecule has 0 bridgehead atoms. The minimum atomic E-state index is -1.03. The van der Waals surface area contributed by atoms with Gasteiger partial charge in [0.25, 0.3) is 5.91 Å². The predicted octanol–water partition coefficient (Wildman–Crippen LogP) is 2.12. The first-order valence-electron chi connectivity index (χ1n) is 6.81. The molecule has 0 saturated carbocycles. The van der Waals surface area contributed by atoms with Gasteiger partial charge < -0.3 is 10.0 Å². The number of hydrogen-bond donors (Lipinski definition) is 1. The molecular formula is C16H13FN2O3. The van der Waals surface area contributed by atoms with Crippen LogP contribution in [-0.2, 0) is 13.0 Å². The highest BCUT2D eigenvalue weighted by Gasteiger charge is 2.26. The molecule has 0 aliphatic carbocycles. The Kier molecular flexibility index (Phi) is 3.58. The van der Waals surface area contributed by atoms with Gasteiger partial charge in [-0.15, -0.1) is 0 Å². The van der Waals surface area contributed by atoms with Crippen LogP contribution >= 0.6 is 0 Å². The van der Waals surface area contributed by atoms with Gasteiger partial charge in [-0.25, -0.2) is 9.18 Å². The van der Waals surface area contributed by atoms with E-state index in [0.717, 1.165) is 0 Å². The van der Waals surface area contributed by atoms with Crippen LogP contribution in [0.1, 0.15) is 31.8 Å². The van der Waals surface area contributed by atoms with Gasteiger partial charge in [0, 0.05) is 25.5 Å². The predicted molar refractivity (Wildman–Crippen MR) is 76.0 cm³/mol. The Bertz CT molecular complexity index is 761. The summed E-state index contributed by atoms with van der Waals surface area (Å²) in [5.41, 5.74) is 1.57. The minimum Gasteiger partial charge on any atom is -0.478 e. The lowest BCUT2D eigenvalue weighted by molar-refractivity contribution is 0.0693. The first kappa shape index (κ1) is 14.2. The number of carbonyl (C=O) groups excluding carboxylic acids is 1. The van der Waals surface area contributed by atoms with Gasteiger partial charge in [-0.1, -0.05) is 12.1 Å². The second-order valence-corrected chi connectivity index (χ2v) is 5.09. The molecular weight excluding hydrogens is 287 g/mol. The SMILES string of the molecule is O=C(O)c1cncc2c1CCN(C(=O)c1ccccc1F)C2. The average molecular weight is 300 g/mol. The lowest BCUT2D eigenvalue weighted by Crippen LogP contribution is -2.37. The van der Waals surface area contributed by atoms with Gasteiger partial charge in [0.05, 0.1) is 11.1 Å². The molecule has 2 heterocycles. The number of pyridine rings is 1. The summed E-state index contributed by atoms with van der Waals surface area (Å²) in [7, 11) is 0. The van der Waals surface area contributed by atoms with Crippen LogP contribution in [0.2, 0.25) is 0 Å². The van der Waals surface area contributed by atoms with Gasteiger partial charge >= 0.3 is 5.97 Å². The molecule has 112 valence electrons. The van der Waals surface area contributed by atoms with E-state index in [1.165, 1.54) is 29.3 Å². The number of rotatable bonds is 2. The summed E-state index contributed by atoms with van der Waals surface area (Å²) >= 11 is 0. The zero-order valence-corrected chi connectivity index (χ0v) is 11.6. The average Bonchev–Trinajstić information content (AvgIpc) is 2.53. The van der Waals surface area contributed by atoms with Gasteiger partial charge in [0.1, 0.15) is 5.82 Å². The van der Waals surface area contributed by atoms with Gasteiger partial charge in [-0.3, -0.25) is 9.78 Å². The fourth-order valence-electron chi connectivity index (χ4n) is 2.66. The van der Waals surface area contributed by atoms with Crippen LogP contribution in [0.25, 0.3) is 0 Å². The number of aromatic carboxylic acids is 1. The number of aromatic nitrogens is 1. The fourth-order valence-corrected chi connectivity index (χ4v) is 2.66. The normalized spacial score (nSPS) is 13.6. The van der Waals surface area contributed by atoms with E-state index < -0.39 is 17.7 Å². The van der Waals surface area contributed by atoms with Gasteiger partial charge in [0.15, 0.2) is 0 Å². The van der Waals surface area contributed by atoms with Crippen LogP contribution in [-0.4, -0.2) is 33.4 Å². The molecule has 0 saturated heterocycles. The third-order valence-electron chi connectivity index (χ3n) is 3.76. The molecule has 6 heteroatoms. The van der Waals surface area contributed by atoms with Crippen molar-refractivity contribution in [3.8, 4) is 0 Å². The Morgan fingerprint density at radius 1 is 1.18 bits per heavy atom. The van der Waals surface area contributed by atoms with E-state index in [9.17, 15) is 14.0 Å². The molecule has 0 unspecified atom stereocenters. The summed E-state index contributed by atoms with van der Waals surface area (Å²) in [4.78, 5) is 29.0. The van der Waals surface area contributed by atoms with Crippen LogP contribution in [0.3, 0.4) is 0 Å². The molecule has 0 atom stereocenters. The number of nitrogens with zero attached hydrogens (tertiary/aromatic N) is 2. The van der Waals surface area contributed by atoms with Gasteiger partial charge in [0.2, 0.25) is 0 Å². The van der Waals surface area contributed by atoms with E-state index >= 15 is 0 Å². The summed E-state index contributed by atoms with van der Waals surface area (Å²) in [5.74, 6) is -1.99. The molecule has 0 radical (unpaired) electrons. The molecule has 0 fully saturated rings. The van der Waals surface area contributed by atoms with Gasteiger partial charge in [-0.2, -0.15) is 0 Å². The minimum absolute atomic E-state index is 0.0216. The maximum atomic E-state index is 13.7. The second-order valence-electron chi connectivity index (χ2n) is 5.09. The molecule has 1 aromatic heterocycles. The van der Waals surface area contributed by atoms with E-state index in [-0.39, 0.29) is 17.7 Å². The standard InChI is InChI=1S/C16H13FN2O3/c17-14-4-2-1-3-12(14)15(20)19-6-5-11-10(9-19)7-18-8-13(11)16(21)22/h1-4,7-8H,5-6,9H2,(H,21,22). The highest BCUT2D eigenvalue weighted by atomic mass is 19.1. The van der Waals surface area contributed by atoms with E-state index in [2.05, 4.69) is 4.98 Å². The molecule has 1 aliphatic heterocycles. The van der Waals surface area contributed by atoms with E-state index in [0.29, 0.717) is 24.1 Å². The number of carbonyl (C=O) groups is 2. The van der Waals surface area contributed by atoms with Crippen molar-refractivity contribution in [3.63, 3.8) is 0 Å². The fraction of sp³-hybridized carbons (Fsp3) is 0.188. The van der Waals surface area contributed by atoms with Gasteiger partial charge in [-0.05, 0) is 29.7 Å². The highest BCUT2D eigenvalue weighted by Crippen LogP contribution is 2.23. The molecule has 22 heavy (non-hydrogen) atoms. The van der Waals surface area contributed by atoms with E-state index in [1.807, 2.05) is 0 Å². The highest BCUT2D eigenvalue weighted by molar-refractivity contribution is 5.95. The smallest absolute Gasteiger partial charge is 0.337 e. The number of halogens is 1. The quantitative estimate of drug-likeness (QED) is 0.922. The molecule has 2 aromatic rings. The van der Waals surface area contributed by atoms with Crippen molar-refractivity contribution in [3.05, 3.63) is 64.7 Å². The number of benzene rings is 1. The van der Waals surface area contributed by atoms with Crippen molar-refractivity contribution in [2.75, 3.05) is 6.54 Å². The third kappa shape index (κ3) is 2.43. The zero-order valence-electron chi connectivity index (χ0n) is 11.6. The number of carboxylic acid groups (broad SMARTS) is 1. The van der Waals surface area contributed by atoms with Crippen LogP contribution in [0.5, 0.6) is 0 Å². The molecule has 1 N–H and O–H groups in total. The van der Waals surface area contributed by atoms with E-state index in [1.54, 1.807) is 12.3 Å². The summed E-state index contributed by atoms with van der Waals surface area (Å²) in [5, 5.41) is 9.16. The molecule has 1 amide bonds. The molecule has 5 nitrogen and oxygen atoms in total. The summed E-state index contributed by atoms with van der Waals surface area (Å²) in [6, 6.07) is 5.83. The van der Waals surface area contributed by atoms with Crippen LogP contribution in [0.4, 0.5) is 4.39 Å². The number of fused-ring (bicyclic) bond motifs is 1. The Labute approximate surface area is 126 Å². The number of hydrogen-bond acceptors (Lipinski definition) is 3. The van der Waals surface area contributed by atoms with Crippen molar-refractivity contribution in [2.45, 2.75) is 13.0 Å². The zero-order chi connectivity index (χ0) is 15.7. The van der Waals surface area contributed by atoms with Crippen molar-refractivity contribution in [1.82, 2.24) is 9.88 Å². The van der Waals surface area contributed by atoms with Crippen molar-refractivity contribution in [1.29, 1.82) is 0 Å². The van der Waals surface area contributed by atoms with Crippen LogP contribution in [0, 0.1) is 5.82 Å². The number of amides is 1. The lowest BCUT2D eigenvalue weighted by Gasteiger charge is -2.29.